The molecule has 3 heteroatoms. The summed E-state index contributed by atoms with van der Waals surface area (Å²) in [6.45, 7) is 7.65. The number of guanidine groups is 1. The zero-order chi connectivity index (χ0) is 9.78. The summed E-state index contributed by atoms with van der Waals surface area (Å²) >= 11 is 0. The van der Waals surface area contributed by atoms with Crippen LogP contribution in [0.25, 0.3) is 0 Å². The van der Waals surface area contributed by atoms with Gasteiger partial charge in [0.25, 0.3) is 0 Å². The van der Waals surface area contributed by atoms with Crippen molar-refractivity contribution in [2.75, 3.05) is 0 Å². The van der Waals surface area contributed by atoms with Gasteiger partial charge in [0.15, 0.2) is 5.96 Å². The van der Waals surface area contributed by atoms with Crippen LogP contribution in [0, 0.1) is 12.3 Å². The van der Waals surface area contributed by atoms with Crippen LogP contribution in [0.4, 0.5) is 0 Å². The standard InChI is InChI=1S/C9H17N3/c1-6-9(4,5)12-8(10)11-7(2)3/h1,7H,2-5H3,(H3,10,11,12). The highest BCUT2D eigenvalue weighted by molar-refractivity contribution is 5.79. The predicted molar refractivity (Wildman–Crippen MR) is 52.8 cm³/mol. The molecule has 0 aliphatic carbocycles. The Kier molecular flexibility index (Phi) is 3.62. The van der Waals surface area contributed by atoms with Crippen molar-refractivity contribution in [2.24, 2.45) is 10.7 Å². The Morgan fingerprint density at radius 3 is 2.42 bits per heavy atom. The van der Waals surface area contributed by atoms with Gasteiger partial charge in [-0.1, -0.05) is 5.92 Å². The molecule has 0 aliphatic heterocycles. The van der Waals surface area contributed by atoms with Crippen molar-refractivity contribution in [3.05, 3.63) is 0 Å². The summed E-state index contributed by atoms with van der Waals surface area (Å²) < 4.78 is 0. The lowest BCUT2D eigenvalue weighted by molar-refractivity contribution is 0.592. The van der Waals surface area contributed by atoms with Crippen LogP contribution in [-0.4, -0.2) is 17.5 Å². The zero-order valence-corrected chi connectivity index (χ0v) is 8.18. The fraction of sp³-hybridized carbons (Fsp3) is 0.667. The normalized spacial score (nSPS) is 12.8. The topological polar surface area (TPSA) is 50.4 Å². The van der Waals surface area contributed by atoms with E-state index in [1.165, 1.54) is 0 Å². The lowest BCUT2D eigenvalue weighted by Crippen LogP contribution is -2.46. The first kappa shape index (κ1) is 10.8. The van der Waals surface area contributed by atoms with Crippen molar-refractivity contribution in [3.8, 4) is 12.3 Å². The number of hydrogen-bond acceptors (Lipinski definition) is 1. The molecule has 0 aliphatic rings. The molecule has 0 fully saturated rings. The highest BCUT2D eigenvalue weighted by atomic mass is 15.1. The molecule has 12 heavy (non-hydrogen) atoms. The van der Waals surface area contributed by atoms with E-state index < -0.39 is 5.54 Å². The van der Waals surface area contributed by atoms with E-state index in [2.05, 4.69) is 16.2 Å². The number of nitrogens with one attached hydrogen (secondary N) is 1. The molecule has 0 spiro atoms. The van der Waals surface area contributed by atoms with Crippen molar-refractivity contribution in [1.82, 2.24) is 5.32 Å². The highest BCUT2D eigenvalue weighted by Gasteiger charge is 2.13. The summed E-state index contributed by atoms with van der Waals surface area (Å²) in [6, 6.07) is 0.186. The molecule has 0 atom stereocenters. The average Bonchev–Trinajstić information content (AvgIpc) is 1.84. The quantitative estimate of drug-likeness (QED) is 0.361. The molecule has 0 amide bonds. The minimum absolute atomic E-state index is 0.186. The molecular formula is C9H17N3. The van der Waals surface area contributed by atoms with Crippen LogP contribution in [0.5, 0.6) is 0 Å². The van der Waals surface area contributed by atoms with Crippen LogP contribution in [0.1, 0.15) is 27.7 Å². The van der Waals surface area contributed by atoms with E-state index in [0.717, 1.165) is 0 Å². The molecule has 3 N–H and O–H groups in total. The number of rotatable bonds is 2. The molecule has 0 saturated carbocycles. The van der Waals surface area contributed by atoms with E-state index in [1.807, 2.05) is 27.7 Å². The summed E-state index contributed by atoms with van der Waals surface area (Å²) in [6.07, 6.45) is 5.26. The monoisotopic (exact) mass is 167 g/mol. The molecule has 0 radical (unpaired) electrons. The number of aliphatic imine (C=N–C) groups is 1. The molecule has 0 aromatic rings. The van der Waals surface area contributed by atoms with Crippen LogP contribution < -0.4 is 11.1 Å². The molecule has 68 valence electrons. The largest absolute Gasteiger partial charge is 0.370 e. The molecule has 0 aromatic carbocycles. The summed E-state index contributed by atoms with van der Waals surface area (Å²) in [5.41, 5.74) is 5.15. The third-order valence-electron chi connectivity index (χ3n) is 1.20. The minimum atomic E-state index is -0.428. The van der Waals surface area contributed by atoms with E-state index in [9.17, 15) is 0 Å². The van der Waals surface area contributed by atoms with Crippen molar-refractivity contribution >= 4 is 5.96 Å². The van der Waals surface area contributed by atoms with Gasteiger partial charge in [-0.15, -0.1) is 6.42 Å². The zero-order valence-electron chi connectivity index (χ0n) is 8.18. The highest BCUT2D eigenvalue weighted by Crippen LogP contribution is 1.97. The summed E-state index contributed by atoms with van der Waals surface area (Å²) in [4.78, 5) is 4.10. The third kappa shape index (κ3) is 4.62. The second kappa shape index (κ2) is 4.01. The van der Waals surface area contributed by atoms with E-state index in [4.69, 9.17) is 12.2 Å². The van der Waals surface area contributed by atoms with Crippen molar-refractivity contribution < 1.29 is 0 Å². The smallest absolute Gasteiger partial charge is 0.190 e. The van der Waals surface area contributed by atoms with Crippen LogP contribution in [0.3, 0.4) is 0 Å². The maximum atomic E-state index is 5.58. The molecule has 0 saturated heterocycles. The lowest BCUT2D eigenvalue weighted by atomic mass is 10.1. The van der Waals surface area contributed by atoms with E-state index in [1.54, 1.807) is 0 Å². The van der Waals surface area contributed by atoms with Gasteiger partial charge in [-0.2, -0.15) is 0 Å². The van der Waals surface area contributed by atoms with Gasteiger partial charge in [0.05, 0.1) is 5.54 Å². The Balaban J connectivity index is 4.20. The first-order chi connectivity index (χ1) is 5.37. The molecule has 0 rings (SSSR count). The van der Waals surface area contributed by atoms with Gasteiger partial charge >= 0.3 is 0 Å². The number of nitrogens with two attached hydrogens (primary N) is 1. The first-order valence-corrected chi connectivity index (χ1v) is 3.96. The van der Waals surface area contributed by atoms with Gasteiger partial charge in [-0.05, 0) is 27.7 Å². The van der Waals surface area contributed by atoms with E-state index in [0.29, 0.717) is 5.96 Å². The van der Waals surface area contributed by atoms with Crippen molar-refractivity contribution in [3.63, 3.8) is 0 Å². The van der Waals surface area contributed by atoms with Crippen molar-refractivity contribution in [2.45, 2.75) is 39.3 Å². The van der Waals surface area contributed by atoms with Gasteiger partial charge in [-0.3, -0.25) is 4.99 Å². The van der Waals surface area contributed by atoms with Gasteiger partial charge < -0.3 is 11.1 Å². The number of terminal acetylenes is 1. The minimum Gasteiger partial charge on any atom is -0.370 e. The maximum Gasteiger partial charge on any atom is 0.190 e. The fourth-order valence-corrected chi connectivity index (χ4v) is 0.667. The Hall–Kier alpha value is -1.17. The molecule has 0 heterocycles. The number of hydrogen-bond donors (Lipinski definition) is 2. The Labute approximate surface area is 74.4 Å². The summed E-state index contributed by atoms with van der Waals surface area (Å²) in [7, 11) is 0. The molecule has 0 unspecified atom stereocenters. The summed E-state index contributed by atoms with van der Waals surface area (Å²) in [5.74, 6) is 2.97. The van der Waals surface area contributed by atoms with E-state index in [-0.39, 0.29) is 6.04 Å². The van der Waals surface area contributed by atoms with Gasteiger partial charge in [0, 0.05) is 6.04 Å². The van der Waals surface area contributed by atoms with Gasteiger partial charge in [-0.25, -0.2) is 0 Å². The van der Waals surface area contributed by atoms with Crippen LogP contribution in [-0.2, 0) is 0 Å². The molecular weight excluding hydrogens is 150 g/mol. The molecule has 0 aromatic heterocycles. The van der Waals surface area contributed by atoms with Gasteiger partial charge in [0.1, 0.15) is 0 Å². The van der Waals surface area contributed by atoms with Crippen LogP contribution in [0.2, 0.25) is 0 Å². The Morgan fingerprint density at radius 1 is 1.58 bits per heavy atom. The molecule has 0 bridgehead atoms. The van der Waals surface area contributed by atoms with Crippen LogP contribution in [0.15, 0.2) is 4.99 Å². The average molecular weight is 167 g/mol. The fourth-order valence-electron chi connectivity index (χ4n) is 0.667. The second-order valence-corrected chi connectivity index (χ2v) is 3.50. The predicted octanol–water partition coefficient (Wildman–Crippen LogP) is 0.711. The lowest BCUT2D eigenvalue weighted by Gasteiger charge is -2.20. The Bertz CT molecular complexity index is 208. The SMILES string of the molecule is C#CC(C)(C)NC(N)=NC(C)C. The maximum absolute atomic E-state index is 5.58. The number of nitrogens with zero attached hydrogens (tertiary/aromatic N) is 1. The second-order valence-electron chi connectivity index (χ2n) is 3.50. The summed E-state index contributed by atoms with van der Waals surface area (Å²) in [5, 5.41) is 2.93. The van der Waals surface area contributed by atoms with Crippen molar-refractivity contribution in [1.29, 1.82) is 0 Å². The van der Waals surface area contributed by atoms with E-state index >= 15 is 0 Å². The first-order valence-electron chi connectivity index (χ1n) is 3.96. The Morgan fingerprint density at radius 2 is 2.08 bits per heavy atom. The van der Waals surface area contributed by atoms with Gasteiger partial charge in [0.2, 0.25) is 0 Å². The van der Waals surface area contributed by atoms with Crippen LogP contribution >= 0.6 is 0 Å². The molecule has 3 nitrogen and oxygen atoms in total. The third-order valence-corrected chi connectivity index (χ3v) is 1.20.